The van der Waals surface area contributed by atoms with E-state index in [2.05, 4.69) is 10.1 Å². The summed E-state index contributed by atoms with van der Waals surface area (Å²) in [5.74, 6) is -0.470. The second-order valence-electron chi connectivity index (χ2n) is 6.49. The number of esters is 1. The molecule has 2 heterocycles. The molecule has 0 aliphatic heterocycles. The maximum Gasteiger partial charge on any atom is 0.503 e. The van der Waals surface area contributed by atoms with Crippen molar-refractivity contribution in [1.82, 2.24) is 14.8 Å². The van der Waals surface area contributed by atoms with Gasteiger partial charge in [0, 0.05) is 30.6 Å². The van der Waals surface area contributed by atoms with E-state index in [9.17, 15) is 26.4 Å². The van der Waals surface area contributed by atoms with Crippen LogP contribution in [0.1, 0.15) is 18.9 Å². The Balaban J connectivity index is 2.12. The first-order chi connectivity index (χ1) is 14.0. The van der Waals surface area contributed by atoms with Crippen molar-refractivity contribution >= 4 is 26.7 Å². The molecule has 0 aliphatic carbocycles. The lowest BCUT2D eigenvalue weighted by atomic mass is 10.0. The van der Waals surface area contributed by atoms with E-state index < -0.39 is 26.3 Å². The van der Waals surface area contributed by atoms with Gasteiger partial charge in [-0.15, -0.1) is 0 Å². The van der Waals surface area contributed by atoms with Crippen LogP contribution in [-0.2, 0) is 32.8 Å². The molecule has 0 N–H and O–H groups in total. The number of hydrogen-bond acceptors (Lipinski definition) is 6. The van der Waals surface area contributed by atoms with Gasteiger partial charge in [0.05, 0.1) is 18.3 Å². The second kappa shape index (κ2) is 8.05. The van der Waals surface area contributed by atoms with Gasteiger partial charge in [-0.1, -0.05) is 6.07 Å². The molecule has 0 unspecified atom stereocenters. The molecule has 0 saturated heterocycles. The molecule has 0 radical (unpaired) electrons. The van der Waals surface area contributed by atoms with Crippen LogP contribution in [0.15, 0.2) is 41.7 Å². The van der Waals surface area contributed by atoms with E-state index in [1.807, 2.05) is 0 Å². The highest BCUT2D eigenvalue weighted by Gasteiger charge is 2.49. The third kappa shape index (κ3) is 4.16. The van der Waals surface area contributed by atoms with Crippen LogP contribution in [0.2, 0.25) is 0 Å². The van der Waals surface area contributed by atoms with Crippen LogP contribution in [-0.4, -0.2) is 41.3 Å². The van der Waals surface area contributed by atoms with Gasteiger partial charge < -0.3 is 4.74 Å². The fraction of sp³-hybridized carbons (Fsp3) is 0.316. The molecule has 0 atom stereocenters. The Bertz CT molecular complexity index is 1200. The van der Waals surface area contributed by atoms with Crippen molar-refractivity contribution in [2.45, 2.75) is 30.3 Å². The normalized spacial score (nSPS) is 12.3. The minimum Gasteiger partial charge on any atom is -0.466 e. The number of hydrogen-bond donors (Lipinski definition) is 0. The van der Waals surface area contributed by atoms with Crippen LogP contribution in [0, 0.1) is 0 Å². The number of alkyl halides is 3. The van der Waals surface area contributed by atoms with Gasteiger partial charge in [-0.05, 0) is 42.7 Å². The fourth-order valence-corrected chi connectivity index (χ4v) is 3.85. The molecule has 11 heteroatoms. The van der Waals surface area contributed by atoms with Gasteiger partial charge in [0.2, 0.25) is 0 Å². The Kier molecular flexibility index (Phi) is 5.84. The highest BCUT2D eigenvalue weighted by atomic mass is 32.2. The molecule has 1 aromatic carbocycles. The highest BCUT2D eigenvalue weighted by Crippen LogP contribution is 2.36. The molecule has 160 valence electrons. The van der Waals surface area contributed by atoms with Gasteiger partial charge in [-0.25, -0.2) is 13.4 Å². The number of fused-ring (bicyclic) bond motifs is 1. The SMILES string of the molecule is CCOC(=O)CCc1cnc(S(=O)(=O)C(F)(F)F)c(-c2ccc3c(cnn3C)c2)c1. The number of benzene rings is 1. The maximum atomic E-state index is 13.2. The molecule has 30 heavy (non-hydrogen) atoms. The number of carbonyl (C=O) groups is 1. The quantitative estimate of drug-likeness (QED) is 0.545. The number of nitrogens with zero attached hydrogens (tertiary/aromatic N) is 3. The van der Waals surface area contributed by atoms with Crippen LogP contribution in [0.4, 0.5) is 13.2 Å². The first kappa shape index (κ1) is 21.8. The van der Waals surface area contributed by atoms with Crippen molar-refractivity contribution in [2.75, 3.05) is 6.61 Å². The number of halogens is 3. The third-order valence-electron chi connectivity index (χ3n) is 4.45. The van der Waals surface area contributed by atoms with Crippen molar-refractivity contribution in [3.8, 4) is 11.1 Å². The Labute approximate surface area is 170 Å². The zero-order valence-corrected chi connectivity index (χ0v) is 16.9. The van der Waals surface area contributed by atoms with E-state index in [0.717, 1.165) is 11.7 Å². The molecule has 7 nitrogen and oxygen atoms in total. The molecular formula is C19H18F3N3O4S. The van der Waals surface area contributed by atoms with Crippen LogP contribution < -0.4 is 0 Å². The third-order valence-corrected chi connectivity index (χ3v) is 5.89. The second-order valence-corrected chi connectivity index (χ2v) is 8.35. The lowest BCUT2D eigenvalue weighted by Crippen LogP contribution is -2.25. The predicted octanol–water partition coefficient (Wildman–Crippen LogP) is 3.42. The number of carbonyl (C=O) groups excluding carboxylic acids is 1. The van der Waals surface area contributed by atoms with Crippen molar-refractivity contribution in [3.63, 3.8) is 0 Å². The Morgan fingerprint density at radius 3 is 2.60 bits per heavy atom. The van der Waals surface area contributed by atoms with Crippen molar-refractivity contribution in [3.05, 3.63) is 42.2 Å². The summed E-state index contributed by atoms with van der Waals surface area (Å²) in [7, 11) is -3.98. The molecule has 0 bridgehead atoms. The molecule has 0 amide bonds. The lowest BCUT2D eigenvalue weighted by molar-refractivity contribution is -0.143. The molecule has 3 aromatic rings. The highest BCUT2D eigenvalue weighted by molar-refractivity contribution is 7.92. The molecule has 0 fully saturated rings. The molecule has 3 rings (SSSR count). The van der Waals surface area contributed by atoms with Gasteiger partial charge in [-0.2, -0.15) is 18.3 Å². The summed E-state index contributed by atoms with van der Waals surface area (Å²) >= 11 is 0. The van der Waals surface area contributed by atoms with Gasteiger partial charge >= 0.3 is 11.5 Å². The number of pyridine rings is 1. The van der Waals surface area contributed by atoms with Gasteiger partial charge in [-0.3, -0.25) is 9.48 Å². The van der Waals surface area contributed by atoms with E-state index in [0.29, 0.717) is 10.9 Å². The van der Waals surface area contributed by atoms with Crippen LogP contribution in [0.25, 0.3) is 22.0 Å². The Morgan fingerprint density at radius 2 is 1.93 bits per heavy atom. The van der Waals surface area contributed by atoms with Crippen LogP contribution in [0.5, 0.6) is 0 Å². The number of ether oxygens (including phenoxy) is 1. The topological polar surface area (TPSA) is 91.2 Å². The van der Waals surface area contributed by atoms with Crippen molar-refractivity contribution in [2.24, 2.45) is 7.05 Å². The summed E-state index contributed by atoms with van der Waals surface area (Å²) < 4.78 is 70.2. The summed E-state index contributed by atoms with van der Waals surface area (Å²) in [6, 6.07) is 5.99. The van der Waals surface area contributed by atoms with Crippen LogP contribution in [0.3, 0.4) is 0 Å². The Hall–Kier alpha value is -2.95. The maximum absolute atomic E-state index is 13.2. The van der Waals surface area contributed by atoms with Gasteiger partial charge in [0.25, 0.3) is 9.84 Å². The molecular weight excluding hydrogens is 423 g/mol. The summed E-state index contributed by atoms with van der Waals surface area (Å²) in [6.45, 7) is 1.86. The van der Waals surface area contributed by atoms with E-state index in [1.54, 1.807) is 30.8 Å². The van der Waals surface area contributed by atoms with Crippen molar-refractivity contribution < 1.29 is 31.1 Å². The zero-order valence-electron chi connectivity index (χ0n) is 16.1. The zero-order chi connectivity index (χ0) is 22.1. The van der Waals surface area contributed by atoms with Gasteiger partial charge in [0.1, 0.15) is 0 Å². The van der Waals surface area contributed by atoms with E-state index in [1.165, 1.54) is 18.3 Å². The monoisotopic (exact) mass is 441 g/mol. The standard InChI is InChI=1S/C19H18F3N3O4S/c1-3-29-17(26)7-4-12-8-15(18(23-10-12)30(27,28)19(20,21)22)13-5-6-16-14(9-13)11-24-25(16)2/h5-6,8-11H,3-4,7H2,1-2H3. The lowest BCUT2D eigenvalue weighted by Gasteiger charge is -2.14. The number of aromatic nitrogens is 3. The van der Waals surface area contributed by atoms with Gasteiger partial charge in [0.15, 0.2) is 5.03 Å². The fourth-order valence-electron chi connectivity index (χ4n) is 2.97. The summed E-state index contributed by atoms with van der Waals surface area (Å²) in [5.41, 5.74) is -4.32. The predicted molar refractivity (Wildman–Crippen MR) is 102 cm³/mol. The van der Waals surface area contributed by atoms with Crippen LogP contribution >= 0.6 is 0 Å². The molecule has 0 saturated carbocycles. The van der Waals surface area contributed by atoms with E-state index in [4.69, 9.17) is 4.74 Å². The minimum atomic E-state index is -5.68. The first-order valence-corrected chi connectivity index (χ1v) is 10.4. The number of aryl methyl sites for hydroxylation is 2. The van der Waals surface area contributed by atoms with E-state index >= 15 is 0 Å². The minimum absolute atomic E-state index is 0.0119. The summed E-state index contributed by atoms with van der Waals surface area (Å²) in [5, 5.41) is 3.62. The summed E-state index contributed by atoms with van der Waals surface area (Å²) in [4.78, 5) is 15.2. The molecule has 0 aliphatic rings. The number of sulfone groups is 1. The first-order valence-electron chi connectivity index (χ1n) is 8.92. The Morgan fingerprint density at radius 1 is 1.20 bits per heavy atom. The average Bonchev–Trinajstić information content (AvgIpc) is 3.06. The largest absolute Gasteiger partial charge is 0.503 e. The average molecular weight is 441 g/mol. The molecule has 0 spiro atoms. The van der Waals surface area contributed by atoms with E-state index in [-0.39, 0.29) is 30.6 Å². The van der Waals surface area contributed by atoms with Crippen molar-refractivity contribution in [1.29, 1.82) is 0 Å². The summed E-state index contributed by atoms with van der Waals surface area (Å²) in [6.07, 6.45) is 2.68. The molecule has 2 aromatic heterocycles. The number of rotatable bonds is 6. The smallest absolute Gasteiger partial charge is 0.466 e.